The number of nitro benzene ring substituents is 1. The Kier molecular flexibility index (Phi) is 4.11. The number of aliphatic imine (C=N–C) groups is 1. The van der Waals surface area contributed by atoms with Crippen molar-refractivity contribution in [2.75, 3.05) is 0 Å². The lowest BCUT2D eigenvalue weighted by molar-refractivity contribution is -0.384. The van der Waals surface area contributed by atoms with Gasteiger partial charge < -0.3 is 0 Å². The van der Waals surface area contributed by atoms with Crippen molar-refractivity contribution in [3.05, 3.63) is 93.6 Å². The molecule has 2 aromatic rings. The third-order valence-corrected chi connectivity index (χ3v) is 5.32. The Morgan fingerprint density at radius 1 is 1.07 bits per heavy atom. The van der Waals surface area contributed by atoms with Crippen molar-refractivity contribution >= 4 is 23.3 Å². The van der Waals surface area contributed by atoms with E-state index in [-0.39, 0.29) is 17.0 Å². The molecule has 0 radical (unpaired) electrons. The maximum Gasteiger partial charge on any atom is 0.269 e. The monoisotopic (exact) mass is 372 g/mol. The standard InChI is InChI=1S/C23H20N2O3/c1-22(2)15-23(14-13-20(26)18-5-3-4-6-19(18)23)21(24-22)12-9-16-7-10-17(11-8-16)25(27)28/h3-14H,15H2,1-2H3/b12-9+. The number of fused-ring (bicyclic) bond motifs is 2. The molecule has 0 bridgehead atoms. The molecule has 4 rings (SSSR count). The van der Waals surface area contributed by atoms with E-state index in [9.17, 15) is 14.9 Å². The summed E-state index contributed by atoms with van der Waals surface area (Å²) in [7, 11) is 0. The molecular weight excluding hydrogens is 352 g/mol. The number of ketones is 1. The molecule has 0 amide bonds. The highest BCUT2D eigenvalue weighted by atomic mass is 16.6. The predicted molar refractivity (Wildman–Crippen MR) is 110 cm³/mol. The molecule has 2 aliphatic rings. The summed E-state index contributed by atoms with van der Waals surface area (Å²) in [5, 5.41) is 10.8. The summed E-state index contributed by atoms with van der Waals surface area (Å²) in [6, 6.07) is 14.1. The minimum atomic E-state index is -0.439. The third kappa shape index (κ3) is 2.99. The molecule has 0 saturated carbocycles. The van der Waals surface area contributed by atoms with Gasteiger partial charge in [-0.3, -0.25) is 19.9 Å². The van der Waals surface area contributed by atoms with Crippen LogP contribution >= 0.6 is 0 Å². The van der Waals surface area contributed by atoms with Crippen LogP contribution in [-0.4, -0.2) is 22.0 Å². The van der Waals surface area contributed by atoms with Gasteiger partial charge in [-0.25, -0.2) is 0 Å². The number of nitro groups is 1. The summed E-state index contributed by atoms with van der Waals surface area (Å²) >= 11 is 0. The number of non-ortho nitro benzene ring substituents is 1. The first-order chi connectivity index (χ1) is 13.3. The van der Waals surface area contributed by atoms with Crippen LogP contribution in [0.15, 0.2) is 71.8 Å². The van der Waals surface area contributed by atoms with E-state index in [0.29, 0.717) is 0 Å². The molecule has 0 saturated heterocycles. The van der Waals surface area contributed by atoms with Crippen LogP contribution in [0.25, 0.3) is 6.08 Å². The van der Waals surface area contributed by atoms with Gasteiger partial charge in [0.25, 0.3) is 5.69 Å². The van der Waals surface area contributed by atoms with E-state index in [4.69, 9.17) is 4.99 Å². The molecule has 1 aliphatic carbocycles. The molecule has 0 aromatic heterocycles. The van der Waals surface area contributed by atoms with Crippen molar-refractivity contribution in [1.29, 1.82) is 0 Å². The second-order valence-electron chi connectivity index (χ2n) is 7.88. The van der Waals surface area contributed by atoms with Gasteiger partial charge in [0.05, 0.1) is 15.9 Å². The van der Waals surface area contributed by atoms with E-state index in [1.165, 1.54) is 12.1 Å². The topological polar surface area (TPSA) is 72.6 Å². The molecule has 1 unspecified atom stereocenters. The summed E-state index contributed by atoms with van der Waals surface area (Å²) in [6.45, 7) is 4.18. The molecule has 0 N–H and O–H groups in total. The van der Waals surface area contributed by atoms with E-state index in [1.54, 1.807) is 18.2 Å². The Labute approximate surface area is 163 Å². The lowest BCUT2D eigenvalue weighted by Crippen LogP contribution is -2.35. The number of hydrogen-bond donors (Lipinski definition) is 0. The van der Waals surface area contributed by atoms with Gasteiger partial charge in [-0.1, -0.05) is 36.4 Å². The minimum Gasteiger partial charge on any atom is -0.289 e. The molecule has 1 spiro atoms. The summed E-state index contributed by atoms with van der Waals surface area (Å²) in [5.74, 6) is 0.0182. The number of nitrogens with zero attached hydrogens (tertiary/aromatic N) is 2. The van der Waals surface area contributed by atoms with Crippen molar-refractivity contribution in [1.82, 2.24) is 0 Å². The molecule has 1 heterocycles. The zero-order valence-corrected chi connectivity index (χ0v) is 15.8. The first-order valence-corrected chi connectivity index (χ1v) is 9.17. The molecule has 5 heteroatoms. The van der Waals surface area contributed by atoms with Gasteiger partial charge in [0.1, 0.15) is 0 Å². The van der Waals surface area contributed by atoms with Crippen LogP contribution in [-0.2, 0) is 5.41 Å². The highest BCUT2D eigenvalue weighted by Crippen LogP contribution is 2.46. The quantitative estimate of drug-likeness (QED) is 0.567. The van der Waals surface area contributed by atoms with Crippen LogP contribution in [0.3, 0.4) is 0 Å². The summed E-state index contributed by atoms with van der Waals surface area (Å²) < 4.78 is 0. The summed E-state index contributed by atoms with van der Waals surface area (Å²) in [5.41, 5.74) is 2.83. The largest absolute Gasteiger partial charge is 0.289 e. The Morgan fingerprint density at radius 3 is 2.50 bits per heavy atom. The third-order valence-electron chi connectivity index (χ3n) is 5.32. The Bertz CT molecular complexity index is 1060. The molecule has 1 atom stereocenters. The number of rotatable bonds is 3. The van der Waals surface area contributed by atoms with Crippen LogP contribution in [0, 0.1) is 10.1 Å². The van der Waals surface area contributed by atoms with Crippen molar-refractivity contribution in [2.45, 2.75) is 31.2 Å². The van der Waals surface area contributed by atoms with Crippen LogP contribution in [0.4, 0.5) is 5.69 Å². The normalized spacial score (nSPS) is 22.5. The van der Waals surface area contributed by atoms with E-state index < -0.39 is 10.3 Å². The Hall–Kier alpha value is -3.34. The average Bonchev–Trinajstić information content (AvgIpc) is 2.94. The summed E-state index contributed by atoms with van der Waals surface area (Å²) in [6.07, 6.45) is 8.29. The van der Waals surface area contributed by atoms with Crippen LogP contribution < -0.4 is 0 Å². The lowest BCUT2D eigenvalue weighted by atomic mass is 9.67. The van der Waals surface area contributed by atoms with Crippen molar-refractivity contribution in [3.8, 4) is 0 Å². The van der Waals surface area contributed by atoms with Gasteiger partial charge in [0, 0.05) is 23.4 Å². The van der Waals surface area contributed by atoms with Crippen LogP contribution in [0.1, 0.15) is 41.8 Å². The van der Waals surface area contributed by atoms with Crippen molar-refractivity contribution < 1.29 is 9.72 Å². The van der Waals surface area contributed by atoms with Gasteiger partial charge in [-0.05, 0) is 55.7 Å². The highest BCUT2D eigenvalue weighted by molar-refractivity contribution is 6.15. The lowest BCUT2D eigenvalue weighted by Gasteiger charge is -2.33. The zero-order valence-electron chi connectivity index (χ0n) is 15.8. The van der Waals surface area contributed by atoms with Gasteiger partial charge in [-0.2, -0.15) is 0 Å². The van der Waals surface area contributed by atoms with Crippen molar-refractivity contribution in [2.24, 2.45) is 4.99 Å². The maximum atomic E-state index is 12.4. The van der Waals surface area contributed by atoms with Gasteiger partial charge >= 0.3 is 0 Å². The zero-order chi connectivity index (χ0) is 19.9. The molecule has 28 heavy (non-hydrogen) atoms. The number of carbonyl (C=O) groups is 1. The number of allylic oxidation sites excluding steroid dienone is 3. The van der Waals surface area contributed by atoms with E-state index in [0.717, 1.165) is 28.8 Å². The second kappa shape index (κ2) is 6.37. The Morgan fingerprint density at radius 2 is 1.79 bits per heavy atom. The molecular formula is C23H20N2O3. The van der Waals surface area contributed by atoms with Gasteiger partial charge in [-0.15, -0.1) is 0 Å². The Balaban J connectivity index is 1.76. The molecule has 0 fully saturated rings. The average molecular weight is 372 g/mol. The molecule has 5 nitrogen and oxygen atoms in total. The SMILES string of the molecule is CC1(C)CC2(C=CC(=O)c3ccccc32)C(/C=C/c2ccc([N+](=O)[O-])cc2)=N1. The number of benzene rings is 2. The first-order valence-electron chi connectivity index (χ1n) is 9.17. The van der Waals surface area contributed by atoms with Crippen LogP contribution in [0.5, 0.6) is 0 Å². The minimum absolute atomic E-state index is 0.0182. The van der Waals surface area contributed by atoms with E-state index in [1.807, 2.05) is 42.5 Å². The predicted octanol–water partition coefficient (Wildman–Crippen LogP) is 4.92. The summed E-state index contributed by atoms with van der Waals surface area (Å²) in [4.78, 5) is 27.7. The number of hydrogen-bond acceptors (Lipinski definition) is 4. The van der Waals surface area contributed by atoms with Gasteiger partial charge in [0.15, 0.2) is 5.78 Å². The smallest absolute Gasteiger partial charge is 0.269 e. The first kappa shape index (κ1) is 18.0. The number of carbonyl (C=O) groups excluding carboxylic acids is 1. The molecule has 1 aliphatic heterocycles. The van der Waals surface area contributed by atoms with E-state index >= 15 is 0 Å². The van der Waals surface area contributed by atoms with Crippen LogP contribution in [0.2, 0.25) is 0 Å². The van der Waals surface area contributed by atoms with Gasteiger partial charge in [0.2, 0.25) is 0 Å². The van der Waals surface area contributed by atoms with E-state index in [2.05, 4.69) is 13.8 Å². The fourth-order valence-electron chi connectivity index (χ4n) is 4.17. The maximum absolute atomic E-state index is 12.4. The fourth-order valence-corrected chi connectivity index (χ4v) is 4.17. The second-order valence-corrected chi connectivity index (χ2v) is 7.88. The fraction of sp³-hybridized carbons (Fsp3) is 0.217. The molecule has 140 valence electrons. The highest BCUT2D eigenvalue weighted by Gasteiger charge is 2.47. The van der Waals surface area contributed by atoms with Crippen molar-refractivity contribution in [3.63, 3.8) is 0 Å². The molecule has 2 aromatic carbocycles.